The molecule has 2 aromatic rings. The Morgan fingerprint density at radius 1 is 1.12 bits per heavy atom. The highest BCUT2D eigenvalue weighted by atomic mass is 35.5. The molecule has 1 heterocycles. The van der Waals surface area contributed by atoms with E-state index >= 15 is 0 Å². The molecule has 0 radical (unpaired) electrons. The van der Waals surface area contributed by atoms with Crippen LogP contribution in [-0.4, -0.2) is 13.5 Å². The third kappa shape index (κ3) is 2.36. The van der Waals surface area contributed by atoms with Crippen molar-refractivity contribution < 1.29 is 17.9 Å². The molecule has 0 unspecified atom stereocenters. The first-order chi connectivity index (χ1) is 8.04. The lowest BCUT2D eigenvalue weighted by molar-refractivity contribution is 0.236. The molecule has 0 aliphatic rings. The average molecular weight is 273 g/mol. The Balaban J connectivity index is 2.46. The lowest BCUT2D eigenvalue weighted by Gasteiger charge is -2.00. The van der Waals surface area contributed by atoms with Crippen LogP contribution in [0, 0.1) is 0 Å². The Morgan fingerprint density at radius 2 is 1.76 bits per heavy atom. The van der Waals surface area contributed by atoms with Gasteiger partial charge >= 0.3 is 0 Å². The molecule has 0 aliphatic heterocycles. The van der Waals surface area contributed by atoms with E-state index in [1.54, 1.807) is 0 Å². The maximum absolute atomic E-state index is 12.1. The van der Waals surface area contributed by atoms with Crippen molar-refractivity contribution in [1.82, 2.24) is 0 Å². The normalized spacial score (nSPS) is 11.6. The zero-order valence-electron chi connectivity index (χ0n) is 8.63. The van der Waals surface area contributed by atoms with Gasteiger partial charge in [-0.3, -0.25) is 0 Å². The van der Waals surface area contributed by atoms with Gasteiger partial charge in [0.15, 0.2) is 0 Å². The van der Waals surface area contributed by atoms with Crippen LogP contribution in [0.25, 0.3) is 0 Å². The molecule has 0 saturated carbocycles. The number of aliphatic hydroxyl groups is 1. The molecule has 0 atom stereocenters. The molecule has 4 nitrogen and oxygen atoms in total. The number of sulfone groups is 1. The smallest absolute Gasteiger partial charge is 0.239 e. The van der Waals surface area contributed by atoms with Gasteiger partial charge in [-0.1, -0.05) is 11.6 Å². The van der Waals surface area contributed by atoms with E-state index in [0.29, 0.717) is 5.02 Å². The summed E-state index contributed by atoms with van der Waals surface area (Å²) in [6.07, 6.45) is 0. The fourth-order valence-corrected chi connectivity index (χ4v) is 2.63. The summed E-state index contributed by atoms with van der Waals surface area (Å²) >= 11 is 5.68. The van der Waals surface area contributed by atoms with Gasteiger partial charge in [-0.15, -0.1) is 0 Å². The number of benzene rings is 1. The minimum atomic E-state index is -3.68. The minimum absolute atomic E-state index is 0.0979. The van der Waals surface area contributed by atoms with Crippen LogP contribution in [0.5, 0.6) is 0 Å². The zero-order valence-corrected chi connectivity index (χ0v) is 10.2. The van der Waals surface area contributed by atoms with E-state index < -0.39 is 9.84 Å². The van der Waals surface area contributed by atoms with Crippen LogP contribution in [0.4, 0.5) is 0 Å². The molecule has 0 bridgehead atoms. The molecule has 0 fully saturated rings. The van der Waals surface area contributed by atoms with Gasteiger partial charge in [0, 0.05) is 5.02 Å². The van der Waals surface area contributed by atoms with Gasteiger partial charge in [-0.05, 0) is 36.4 Å². The molecule has 1 N–H and O–H groups in total. The van der Waals surface area contributed by atoms with Crippen molar-refractivity contribution in [3.05, 3.63) is 47.2 Å². The third-order valence-corrected chi connectivity index (χ3v) is 4.08. The van der Waals surface area contributed by atoms with Crippen molar-refractivity contribution in [2.24, 2.45) is 0 Å². The van der Waals surface area contributed by atoms with Crippen LogP contribution >= 0.6 is 11.6 Å². The Bertz CT molecular complexity index is 613. The third-order valence-electron chi connectivity index (χ3n) is 2.18. The van der Waals surface area contributed by atoms with Crippen LogP contribution < -0.4 is 0 Å². The van der Waals surface area contributed by atoms with E-state index in [2.05, 4.69) is 0 Å². The molecule has 90 valence electrons. The van der Waals surface area contributed by atoms with E-state index in [4.69, 9.17) is 21.1 Å². The van der Waals surface area contributed by atoms with Crippen LogP contribution in [0.1, 0.15) is 5.76 Å². The Kier molecular flexibility index (Phi) is 3.24. The molecule has 0 saturated heterocycles. The van der Waals surface area contributed by atoms with E-state index in [9.17, 15) is 8.42 Å². The van der Waals surface area contributed by atoms with Crippen LogP contribution in [0.15, 0.2) is 50.8 Å². The molecule has 1 aromatic carbocycles. The van der Waals surface area contributed by atoms with Crippen molar-refractivity contribution in [2.75, 3.05) is 0 Å². The lowest BCUT2D eigenvalue weighted by Crippen LogP contribution is -2.00. The predicted octanol–water partition coefficient (Wildman–Crippen LogP) is 2.26. The van der Waals surface area contributed by atoms with Gasteiger partial charge in [0.05, 0.1) is 4.90 Å². The summed E-state index contributed by atoms with van der Waals surface area (Å²) < 4.78 is 29.1. The first-order valence-corrected chi connectivity index (χ1v) is 6.60. The number of furan rings is 1. The quantitative estimate of drug-likeness (QED) is 0.931. The standard InChI is InChI=1S/C11H9ClO4S/c12-8-1-4-10(5-2-8)17(14,15)11-6-3-9(7-13)16-11/h1-6,13H,7H2. The summed E-state index contributed by atoms with van der Waals surface area (Å²) in [4.78, 5) is 0.0979. The molecule has 2 rings (SSSR count). The van der Waals surface area contributed by atoms with Gasteiger partial charge in [-0.25, -0.2) is 8.42 Å². The summed E-state index contributed by atoms with van der Waals surface area (Å²) in [5.41, 5.74) is 0. The first-order valence-electron chi connectivity index (χ1n) is 4.74. The van der Waals surface area contributed by atoms with Crippen molar-refractivity contribution >= 4 is 21.4 Å². The molecule has 1 aromatic heterocycles. The summed E-state index contributed by atoms with van der Waals surface area (Å²) in [6.45, 7) is -0.337. The number of aliphatic hydroxyl groups excluding tert-OH is 1. The SMILES string of the molecule is O=S(=O)(c1ccc(Cl)cc1)c1ccc(CO)o1. The second-order valence-electron chi connectivity index (χ2n) is 3.34. The van der Waals surface area contributed by atoms with Gasteiger partial charge in [-0.2, -0.15) is 0 Å². The number of hydrogen-bond acceptors (Lipinski definition) is 4. The largest absolute Gasteiger partial charge is 0.447 e. The van der Waals surface area contributed by atoms with E-state index in [1.807, 2.05) is 0 Å². The predicted molar refractivity (Wildman–Crippen MR) is 61.5 cm³/mol. The summed E-state index contributed by atoms with van der Waals surface area (Å²) in [5, 5.41) is 9.08. The lowest BCUT2D eigenvalue weighted by atomic mass is 10.4. The maximum Gasteiger partial charge on any atom is 0.239 e. The summed E-state index contributed by atoms with van der Waals surface area (Å²) in [5.74, 6) is 0.206. The summed E-state index contributed by atoms with van der Waals surface area (Å²) in [7, 11) is -3.68. The number of halogens is 1. The second-order valence-corrected chi connectivity index (χ2v) is 5.65. The molecular formula is C11H9ClO4S. The topological polar surface area (TPSA) is 67.5 Å². The maximum atomic E-state index is 12.1. The van der Waals surface area contributed by atoms with Crippen LogP contribution in [-0.2, 0) is 16.4 Å². The fraction of sp³-hybridized carbons (Fsp3) is 0.0909. The second kappa shape index (κ2) is 4.52. The Hall–Kier alpha value is -1.30. The Labute approximate surface area is 103 Å². The molecule has 17 heavy (non-hydrogen) atoms. The number of hydrogen-bond donors (Lipinski definition) is 1. The van der Waals surface area contributed by atoms with Crippen LogP contribution in [0.2, 0.25) is 5.02 Å². The fourth-order valence-electron chi connectivity index (χ4n) is 1.32. The molecule has 0 aliphatic carbocycles. The van der Waals surface area contributed by atoms with E-state index in [0.717, 1.165) is 0 Å². The first kappa shape index (κ1) is 12.2. The van der Waals surface area contributed by atoms with Crippen molar-refractivity contribution in [2.45, 2.75) is 16.6 Å². The average Bonchev–Trinajstić information content (AvgIpc) is 2.78. The van der Waals surface area contributed by atoms with E-state index in [-0.39, 0.29) is 22.4 Å². The van der Waals surface area contributed by atoms with Crippen molar-refractivity contribution in [3.63, 3.8) is 0 Å². The van der Waals surface area contributed by atoms with Gasteiger partial charge in [0.25, 0.3) is 0 Å². The number of rotatable bonds is 3. The minimum Gasteiger partial charge on any atom is -0.447 e. The molecular weight excluding hydrogens is 264 g/mol. The summed E-state index contributed by atoms with van der Waals surface area (Å²) in [6, 6.07) is 8.52. The molecule has 6 heteroatoms. The monoisotopic (exact) mass is 272 g/mol. The van der Waals surface area contributed by atoms with Crippen molar-refractivity contribution in [3.8, 4) is 0 Å². The molecule has 0 amide bonds. The van der Waals surface area contributed by atoms with Crippen LogP contribution in [0.3, 0.4) is 0 Å². The highest BCUT2D eigenvalue weighted by molar-refractivity contribution is 7.91. The van der Waals surface area contributed by atoms with Crippen molar-refractivity contribution in [1.29, 1.82) is 0 Å². The van der Waals surface area contributed by atoms with Gasteiger partial charge < -0.3 is 9.52 Å². The highest BCUT2D eigenvalue weighted by Gasteiger charge is 2.21. The van der Waals surface area contributed by atoms with E-state index in [1.165, 1.54) is 36.4 Å². The highest BCUT2D eigenvalue weighted by Crippen LogP contribution is 2.24. The zero-order chi connectivity index (χ0) is 12.5. The molecule has 0 spiro atoms. The van der Waals surface area contributed by atoms with Gasteiger partial charge in [0.2, 0.25) is 14.9 Å². The Morgan fingerprint density at radius 3 is 2.29 bits per heavy atom. The van der Waals surface area contributed by atoms with Gasteiger partial charge in [0.1, 0.15) is 12.4 Å².